The van der Waals surface area contributed by atoms with Crippen LogP contribution in [0.2, 0.25) is 0 Å². The van der Waals surface area contributed by atoms with Gasteiger partial charge in [-0.1, -0.05) is 23.2 Å². The molecule has 0 saturated heterocycles. The van der Waals surface area contributed by atoms with Crippen LogP contribution in [0.1, 0.15) is 19.3 Å². The van der Waals surface area contributed by atoms with Gasteiger partial charge in [-0.2, -0.15) is 0 Å². The maximum Gasteiger partial charge on any atom is 0.303 e. The standard InChI is InChI=1S/C6H8Cl4O2/c7-5(8)6(9,10)3-1-2-4(11)12/h5H,1-3H2,(H,11,12). The molecule has 0 unspecified atom stereocenters. The third kappa shape index (κ3) is 5.31. The van der Waals surface area contributed by atoms with Crippen molar-refractivity contribution in [1.29, 1.82) is 0 Å². The van der Waals surface area contributed by atoms with Crippen molar-refractivity contribution in [3.8, 4) is 0 Å². The van der Waals surface area contributed by atoms with E-state index in [1.54, 1.807) is 0 Å². The molecular weight excluding hydrogens is 246 g/mol. The summed E-state index contributed by atoms with van der Waals surface area (Å²) >= 11 is 22.2. The molecule has 0 aromatic heterocycles. The first-order valence-corrected chi connectivity index (χ1v) is 4.87. The van der Waals surface area contributed by atoms with Crippen molar-refractivity contribution in [2.75, 3.05) is 0 Å². The maximum atomic E-state index is 10.1. The smallest absolute Gasteiger partial charge is 0.303 e. The van der Waals surface area contributed by atoms with Crippen molar-refractivity contribution in [3.63, 3.8) is 0 Å². The van der Waals surface area contributed by atoms with Gasteiger partial charge in [0.25, 0.3) is 0 Å². The molecule has 72 valence electrons. The van der Waals surface area contributed by atoms with Crippen molar-refractivity contribution in [3.05, 3.63) is 0 Å². The highest BCUT2D eigenvalue weighted by atomic mass is 35.5. The van der Waals surface area contributed by atoms with Crippen molar-refractivity contribution < 1.29 is 9.90 Å². The zero-order valence-electron chi connectivity index (χ0n) is 6.07. The van der Waals surface area contributed by atoms with Crippen LogP contribution in [0.4, 0.5) is 0 Å². The van der Waals surface area contributed by atoms with E-state index in [4.69, 9.17) is 51.5 Å². The summed E-state index contributed by atoms with van der Waals surface area (Å²) in [7, 11) is 0. The van der Waals surface area contributed by atoms with Gasteiger partial charge >= 0.3 is 5.97 Å². The summed E-state index contributed by atoms with van der Waals surface area (Å²) in [5, 5.41) is 8.30. The summed E-state index contributed by atoms with van der Waals surface area (Å²) in [6.45, 7) is 0. The van der Waals surface area contributed by atoms with Crippen LogP contribution < -0.4 is 0 Å². The largest absolute Gasteiger partial charge is 0.481 e. The Hall–Kier alpha value is 0.630. The minimum Gasteiger partial charge on any atom is -0.481 e. The lowest BCUT2D eigenvalue weighted by Gasteiger charge is -2.19. The van der Waals surface area contributed by atoms with E-state index >= 15 is 0 Å². The van der Waals surface area contributed by atoms with Gasteiger partial charge in [0, 0.05) is 6.42 Å². The monoisotopic (exact) mass is 252 g/mol. The van der Waals surface area contributed by atoms with Crippen LogP contribution in [-0.4, -0.2) is 20.2 Å². The third-order valence-electron chi connectivity index (χ3n) is 1.22. The second kappa shape index (κ2) is 5.38. The van der Waals surface area contributed by atoms with Crippen LogP contribution in [0.25, 0.3) is 0 Å². The van der Waals surface area contributed by atoms with Crippen molar-refractivity contribution >= 4 is 52.4 Å². The van der Waals surface area contributed by atoms with Crippen LogP contribution in [0.5, 0.6) is 0 Å². The van der Waals surface area contributed by atoms with Gasteiger partial charge in [-0.3, -0.25) is 4.79 Å². The van der Waals surface area contributed by atoms with Crippen LogP contribution >= 0.6 is 46.4 Å². The molecule has 0 aromatic rings. The molecule has 0 aliphatic rings. The second-order valence-electron chi connectivity index (χ2n) is 2.31. The average molecular weight is 254 g/mol. The van der Waals surface area contributed by atoms with E-state index in [0.29, 0.717) is 6.42 Å². The summed E-state index contributed by atoms with van der Waals surface area (Å²) in [4.78, 5) is 9.20. The number of hydrogen-bond donors (Lipinski definition) is 1. The summed E-state index contributed by atoms with van der Waals surface area (Å²) in [6.07, 6.45) is 0.639. The minimum atomic E-state index is -1.25. The molecule has 1 N–H and O–H groups in total. The van der Waals surface area contributed by atoms with Crippen LogP contribution in [0, 0.1) is 0 Å². The summed E-state index contributed by atoms with van der Waals surface area (Å²) in [5.41, 5.74) is 0. The summed E-state index contributed by atoms with van der Waals surface area (Å²) in [5.74, 6) is -0.889. The predicted molar refractivity (Wildman–Crippen MR) is 51.4 cm³/mol. The molecule has 6 heteroatoms. The summed E-state index contributed by atoms with van der Waals surface area (Å²) < 4.78 is -1.25. The molecule has 0 rings (SSSR count). The molecule has 0 saturated carbocycles. The molecule has 0 atom stereocenters. The minimum absolute atomic E-state index is 0.0156. The maximum absolute atomic E-state index is 10.1. The number of hydrogen-bond acceptors (Lipinski definition) is 1. The number of aliphatic carboxylic acids is 1. The SMILES string of the molecule is O=C(O)CCCC(Cl)(Cl)C(Cl)Cl. The normalized spacial score (nSPS) is 12.1. The van der Waals surface area contributed by atoms with Crippen LogP contribution in [0.3, 0.4) is 0 Å². The Morgan fingerprint density at radius 3 is 2.25 bits per heavy atom. The molecule has 2 nitrogen and oxygen atoms in total. The van der Waals surface area contributed by atoms with E-state index in [2.05, 4.69) is 0 Å². The molecule has 12 heavy (non-hydrogen) atoms. The zero-order valence-corrected chi connectivity index (χ0v) is 9.09. The lowest BCUT2D eigenvalue weighted by molar-refractivity contribution is -0.137. The molecule has 0 aliphatic carbocycles. The van der Waals surface area contributed by atoms with Gasteiger partial charge in [0.1, 0.15) is 9.17 Å². The highest BCUT2D eigenvalue weighted by Gasteiger charge is 2.31. The average Bonchev–Trinajstić information content (AvgIpc) is 1.85. The van der Waals surface area contributed by atoms with Crippen LogP contribution in [0.15, 0.2) is 0 Å². The van der Waals surface area contributed by atoms with Gasteiger partial charge in [-0.05, 0) is 12.8 Å². The highest BCUT2D eigenvalue weighted by molar-refractivity contribution is 6.59. The predicted octanol–water partition coefficient (Wildman–Crippen LogP) is 3.22. The van der Waals surface area contributed by atoms with Gasteiger partial charge in [-0.25, -0.2) is 0 Å². The molecule has 0 bridgehead atoms. The van der Waals surface area contributed by atoms with E-state index in [0.717, 1.165) is 0 Å². The molecular formula is C6H8Cl4O2. The molecule has 0 radical (unpaired) electrons. The molecule has 0 spiro atoms. The Morgan fingerprint density at radius 1 is 1.42 bits per heavy atom. The Balaban J connectivity index is 3.69. The second-order valence-corrected chi connectivity index (χ2v) is 4.95. The Kier molecular flexibility index (Phi) is 5.66. The van der Waals surface area contributed by atoms with Gasteiger partial charge < -0.3 is 5.11 Å². The molecule has 0 aromatic carbocycles. The van der Waals surface area contributed by atoms with E-state index in [1.807, 2.05) is 0 Å². The first kappa shape index (κ1) is 12.6. The fourth-order valence-corrected chi connectivity index (χ4v) is 1.07. The fourth-order valence-electron chi connectivity index (χ4n) is 0.584. The van der Waals surface area contributed by atoms with E-state index in [1.165, 1.54) is 0 Å². The van der Waals surface area contributed by atoms with E-state index in [-0.39, 0.29) is 12.8 Å². The molecule has 0 fully saturated rings. The topological polar surface area (TPSA) is 37.3 Å². The zero-order chi connectivity index (χ0) is 9.78. The number of halogens is 4. The molecule has 0 aliphatic heterocycles. The van der Waals surface area contributed by atoms with Crippen LogP contribution in [-0.2, 0) is 4.79 Å². The Labute approximate surface area is 90.7 Å². The summed E-state index contributed by atoms with van der Waals surface area (Å²) in [6, 6.07) is 0. The van der Waals surface area contributed by atoms with Crippen molar-refractivity contribution in [2.45, 2.75) is 28.4 Å². The van der Waals surface area contributed by atoms with Gasteiger partial charge in [0.05, 0.1) is 0 Å². The van der Waals surface area contributed by atoms with Crippen molar-refractivity contribution in [2.24, 2.45) is 0 Å². The van der Waals surface area contributed by atoms with E-state index in [9.17, 15) is 4.79 Å². The number of rotatable bonds is 5. The number of carboxylic acid groups (broad SMARTS) is 1. The molecule has 0 amide bonds. The fraction of sp³-hybridized carbons (Fsp3) is 0.833. The number of carbonyl (C=O) groups is 1. The van der Waals surface area contributed by atoms with Gasteiger partial charge in [0.15, 0.2) is 0 Å². The molecule has 0 heterocycles. The quantitative estimate of drug-likeness (QED) is 0.764. The van der Waals surface area contributed by atoms with E-state index < -0.39 is 15.1 Å². The lowest BCUT2D eigenvalue weighted by atomic mass is 10.2. The first-order valence-electron chi connectivity index (χ1n) is 3.24. The Bertz CT molecular complexity index is 158. The van der Waals surface area contributed by atoms with Gasteiger partial charge in [-0.15, -0.1) is 23.2 Å². The van der Waals surface area contributed by atoms with Crippen molar-refractivity contribution in [1.82, 2.24) is 0 Å². The lowest BCUT2D eigenvalue weighted by Crippen LogP contribution is -2.21. The van der Waals surface area contributed by atoms with Gasteiger partial charge in [0.2, 0.25) is 0 Å². The first-order chi connectivity index (χ1) is 5.36. The third-order valence-corrected chi connectivity index (χ3v) is 3.23. The number of alkyl halides is 4. The number of carboxylic acids is 1. The Morgan fingerprint density at radius 2 is 1.92 bits per heavy atom. The highest BCUT2D eigenvalue weighted by Crippen LogP contribution is 2.36.